The van der Waals surface area contributed by atoms with Crippen LogP contribution in [0.3, 0.4) is 0 Å². The number of hydrogen-bond acceptors (Lipinski definition) is 2. The van der Waals surface area contributed by atoms with Crippen molar-refractivity contribution in [2.24, 2.45) is 0 Å². The summed E-state index contributed by atoms with van der Waals surface area (Å²) in [5.41, 5.74) is 0.998. The van der Waals surface area contributed by atoms with Crippen molar-refractivity contribution in [3.05, 3.63) is 35.9 Å². The van der Waals surface area contributed by atoms with Crippen LogP contribution < -0.4 is 0 Å². The van der Waals surface area contributed by atoms with Gasteiger partial charge in [-0.1, -0.05) is 43.7 Å². The number of rotatable bonds is 6. The highest BCUT2D eigenvalue weighted by Gasteiger charge is 2.19. The number of hydrogen-bond donors (Lipinski definition) is 1. The highest BCUT2D eigenvalue weighted by atomic mass is 16.3. The van der Waals surface area contributed by atoms with Gasteiger partial charge in [0.15, 0.2) is 0 Å². The van der Waals surface area contributed by atoms with Gasteiger partial charge in [-0.2, -0.15) is 0 Å². The third kappa shape index (κ3) is 3.62. The molecule has 0 fully saturated rings. The number of aliphatic hydroxyl groups excluding tert-OH is 1. The molecule has 0 aliphatic heterocycles. The maximum Gasteiger partial charge on any atom is 0.0942 e. The van der Waals surface area contributed by atoms with Crippen molar-refractivity contribution < 1.29 is 5.11 Å². The van der Waals surface area contributed by atoms with Crippen LogP contribution >= 0.6 is 0 Å². The van der Waals surface area contributed by atoms with E-state index in [0.717, 1.165) is 12.1 Å². The second kappa shape index (κ2) is 6.66. The lowest BCUT2D eigenvalue weighted by molar-refractivity contribution is 0.0719. The van der Waals surface area contributed by atoms with Crippen molar-refractivity contribution in [2.75, 3.05) is 13.6 Å². The Kier molecular flexibility index (Phi) is 5.50. The van der Waals surface area contributed by atoms with Crippen molar-refractivity contribution in [1.82, 2.24) is 4.90 Å². The Morgan fingerprint density at radius 1 is 1.25 bits per heavy atom. The number of nitrogens with zero attached hydrogens (tertiary/aromatic N) is 1. The van der Waals surface area contributed by atoms with Gasteiger partial charge in [0.2, 0.25) is 0 Å². The van der Waals surface area contributed by atoms with Crippen molar-refractivity contribution in [1.29, 1.82) is 0 Å². The molecule has 2 nitrogen and oxygen atoms in total. The Morgan fingerprint density at radius 2 is 1.88 bits per heavy atom. The lowest BCUT2D eigenvalue weighted by Gasteiger charge is -2.29. The van der Waals surface area contributed by atoms with Crippen LogP contribution in [0.5, 0.6) is 0 Å². The fourth-order valence-corrected chi connectivity index (χ4v) is 1.78. The van der Waals surface area contributed by atoms with E-state index in [0.29, 0.717) is 0 Å². The Bertz CT molecular complexity index is 286. The van der Waals surface area contributed by atoms with Gasteiger partial charge in [0.1, 0.15) is 0 Å². The average molecular weight is 221 g/mol. The molecule has 2 atom stereocenters. The Hall–Kier alpha value is -0.860. The maximum absolute atomic E-state index is 10.2. The van der Waals surface area contributed by atoms with Crippen LogP contribution in [0.4, 0.5) is 0 Å². The molecule has 1 rings (SSSR count). The Morgan fingerprint density at radius 3 is 2.44 bits per heavy atom. The van der Waals surface area contributed by atoms with E-state index in [2.05, 4.69) is 25.8 Å². The van der Waals surface area contributed by atoms with Crippen LogP contribution in [0.2, 0.25) is 0 Å². The smallest absolute Gasteiger partial charge is 0.0942 e. The van der Waals surface area contributed by atoms with E-state index < -0.39 is 6.10 Å². The minimum Gasteiger partial charge on any atom is -0.387 e. The second-order valence-corrected chi connectivity index (χ2v) is 4.43. The summed E-state index contributed by atoms with van der Waals surface area (Å²) >= 11 is 0. The first-order chi connectivity index (χ1) is 7.66. The molecule has 1 aromatic rings. The number of benzene rings is 1. The zero-order valence-corrected chi connectivity index (χ0v) is 10.6. The Labute approximate surface area is 98.9 Å². The van der Waals surface area contributed by atoms with Crippen LogP contribution in [-0.4, -0.2) is 29.6 Å². The summed E-state index contributed by atoms with van der Waals surface area (Å²) in [5, 5.41) is 10.2. The van der Waals surface area contributed by atoms with Crippen molar-refractivity contribution in [3.63, 3.8) is 0 Å². The van der Waals surface area contributed by atoms with Gasteiger partial charge in [0.05, 0.1) is 6.10 Å². The highest BCUT2D eigenvalue weighted by Crippen LogP contribution is 2.19. The molecule has 1 aromatic carbocycles. The van der Waals surface area contributed by atoms with E-state index in [1.807, 2.05) is 30.3 Å². The van der Waals surface area contributed by atoms with Crippen LogP contribution in [0, 0.1) is 0 Å². The number of aliphatic hydroxyl groups is 1. The van der Waals surface area contributed by atoms with Gasteiger partial charge in [-0.05, 0) is 32.5 Å². The Balaban J connectivity index is 2.56. The molecule has 0 saturated carbocycles. The molecule has 0 unspecified atom stereocenters. The first-order valence-corrected chi connectivity index (χ1v) is 6.10. The monoisotopic (exact) mass is 221 g/mol. The molecule has 0 bridgehead atoms. The van der Waals surface area contributed by atoms with E-state index in [1.165, 1.54) is 12.8 Å². The third-order valence-electron chi connectivity index (χ3n) is 3.16. The molecule has 0 aliphatic carbocycles. The summed E-state index contributed by atoms with van der Waals surface area (Å²) in [6.07, 6.45) is 1.98. The summed E-state index contributed by atoms with van der Waals surface area (Å²) in [4.78, 5) is 2.22. The molecule has 0 spiro atoms. The number of unbranched alkanes of at least 4 members (excludes halogenated alkanes) is 1. The summed E-state index contributed by atoms with van der Waals surface area (Å²) < 4.78 is 0. The minimum atomic E-state index is -0.400. The van der Waals surface area contributed by atoms with E-state index in [9.17, 15) is 5.11 Å². The standard InChI is InChI=1S/C14H23NO/c1-4-5-11-15(3)12(2)14(16)13-9-7-6-8-10-13/h6-10,12,14,16H,4-5,11H2,1-3H3/t12-,14-/m1/s1. The van der Waals surface area contributed by atoms with Crippen LogP contribution in [0.15, 0.2) is 30.3 Å². The molecule has 0 amide bonds. The van der Waals surface area contributed by atoms with Gasteiger partial charge in [0.25, 0.3) is 0 Å². The summed E-state index contributed by atoms with van der Waals surface area (Å²) in [6.45, 7) is 5.31. The molecule has 0 aliphatic rings. The van der Waals surface area contributed by atoms with Gasteiger partial charge >= 0.3 is 0 Å². The maximum atomic E-state index is 10.2. The normalized spacial score (nSPS) is 15.1. The first-order valence-electron chi connectivity index (χ1n) is 6.10. The molecule has 0 aromatic heterocycles. The molecule has 0 radical (unpaired) electrons. The van der Waals surface area contributed by atoms with Crippen molar-refractivity contribution >= 4 is 0 Å². The predicted molar refractivity (Wildman–Crippen MR) is 68.4 cm³/mol. The minimum absolute atomic E-state index is 0.161. The van der Waals surface area contributed by atoms with Crippen LogP contribution in [0.25, 0.3) is 0 Å². The van der Waals surface area contributed by atoms with Crippen LogP contribution in [-0.2, 0) is 0 Å². The summed E-state index contributed by atoms with van der Waals surface area (Å²) in [7, 11) is 2.08. The molecular formula is C14H23NO. The molecule has 90 valence electrons. The quantitative estimate of drug-likeness (QED) is 0.798. The largest absolute Gasteiger partial charge is 0.387 e. The van der Waals surface area contributed by atoms with Gasteiger partial charge in [-0.25, -0.2) is 0 Å². The molecule has 2 heteroatoms. The first kappa shape index (κ1) is 13.2. The van der Waals surface area contributed by atoms with Crippen molar-refractivity contribution in [2.45, 2.75) is 38.8 Å². The van der Waals surface area contributed by atoms with Crippen LogP contribution in [0.1, 0.15) is 38.4 Å². The van der Waals surface area contributed by atoms with E-state index in [1.54, 1.807) is 0 Å². The fourth-order valence-electron chi connectivity index (χ4n) is 1.78. The van der Waals surface area contributed by atoms with Gasteiger partial charge in [-0.3, -0.25) is 0 Å². The molecule has 0 saturated heterocycles. The lowest BCUT2D eigenvalue weighted by Crippen LogP contribution is -2.35. The van der Waals surface area contributed by atoms with E-state index in [-0.39, 0.29) is 6.04 Å². The van der Waals surface area contributed by atoms with E-state index in [4.69, 9.17) is 0 Å². The summed E-state index contributed by atoms with van der Waals surface area (Å²) in [5.74, 6) is 0. The van der Waals surface area contributed by atoms with Gasteiger partial charge in [0, 0.05) is 6.04 Å². The topological polar surface area (TPSA) is 23.5 Å². The summed E-state index contributed by atoms with van der Waals surface area (Å²) in [6, 6.07) is 10.0. The van der Waals surface area contributed by atoms with Gasteiger partial charge in [-0.15, -0.1) is 0 Å². The predicted octanol–water partition coefficient (Wildman–Crippen LogP) is 2.84. The lowest BCUT2D eigenvalue weighted by atomic mass is 10.0. The fraction of sp³-hybridized carbons (Fsp3) is 0.571. The zero-order chi connectivity index (χ0) is 12.0. The van der Waals surface area contributed by atoms with E-state index >= 15 is 0 Å². The zero-order valence-electron chi connectivity index (χ0n) is 10.6. The molecule has 0 heterocycles. The second-order valence-electron chi connectivity index (χ2n) is 4.43. The van der Waals surface area contributed by atoms with Gasteiger partial charge < -0.3 is 10.0 Å². The number of likely N-dealkylation sites (N-methyl/N-ethyl adjacent to an activating group) is 1. The molecular weight excluding hydrogens is 198 g/mol. The van der Waals surface area contributed by atoms with Crippen molar-refractivity contribution in [3.8, 4) is 0 Å². The molecule has 16 heavy (non-hydrogen) atoms. The SMILES string of the molecule is CCCCN(C)[C@H](C)[C@@H](O)c1ccccc1. The molecule has 1 N–H and O–H groups in total. The third-order valence-corrected chi connectivity index (χ3v) is 3.16. The average Bonchev–Trinajstić information content (AvgIpc) is 2.35. The highest BCUT2D eigenvalue weighted by molar-refractivity contribution is 5.18.